The number of nitrogens with one attached hydrogen (secondary N) is 1. The molecule has 0 radical (unpaired) electrons. The Morgan fingerprint density at radius 1 is 1.20 bits per heavy atom. The van der Waals surface area contributed by atoms with Crippen LogP contribution in [0, 0.1) is 0 Å². The molecule has 0 aliphatic carbocycles. The number of benzene rings is 1. The Kier molecular flexibility index (Phi) is 1.24. The molecule has 2 rings (SSSR count). The van der Waals surface area contributed by atoms with E-state index in [-0.39, 0.29) is 0 Å². The maximum Gasteiger partial charge on any atom is 0.259 e. The van der Waals surface area contributed by atoms with Gasteiger partial charge in [-0.15, -0.1) is 0 Å². The molecule has 0 saturated heterocycles. The van der Waals surface area contributed by atoms with Crippen LogP contribution >= 0.6 is 0 Å². The van der Waals surface area contributed by atoms with Crippen LogP contribution in [0.4, 0.5) is 5.69 Å². The predicted molar refractivity (Wildman–Crippen MR) is 46.2 cm³/mol. The monoisotopic (exact) mass is 129 g/mol. The lowest BCUT2D eigenvalue weighted by Gasteiger charge is -2.10. The number of hydrogen-bond acceptors (Lipinski definition) is 1. The Morgan fingerprint density at radius 3 is 3.00 bits per heavy atom. The second-order valence-electron chi connectivity index (χ2n) is 2.37. The first kappa shape index (κ1) is 5.60. The van der Waals surface area contributed by atoms with E-state index in [1.165, 1.54) is 11.3 Å². The lowest BCUT2D eigenvalue weighted by Crippen LogP contribution is -2.07. The predicted octanol–water partition coefficient (Wildman–Crippen LogP) is 1.43. The molecule has 1 N–H and O–H groups in total. The highest BCUT2D eigenvalue weighted by molar-refractivity contribution is 6.48. The number of rotatable bonds is 0. The molecule has 0 fully saturated rings. The van der Waals surface area contributed by atoms with Gasteiger partial charge in [0, 0.05) is 5.69 Å². The van der Waals surface area contributed by atoms with Gasteiger partial charge in [-0.3, -0.25) is 0 Å². The van der Waals surface area contributed by atoms with Crippen LogP contribution in [0.3, 0.4) is 0 Å². The zero-order valence-corrected chi connectivity index (χ0v) is 5.67. The van der Waals surface area contributed by atoms with Gasteiger partial charge in [-0.1, -0.05) is 30.3 Å². The standard InChI is InChI=1S/C8H8BN/c1-2-4-8-7(3-1)5-6-9-10-8/h1-6,9-10H. The van der Waals surface area contributed by atoms with Gasteiger partial charge in [-0.05, 0) is 11.6 Å². The van der Waals surface area contributed by atoms with E-state index in [0.717, 1.165) is 7.41 Å². The highest BCUT2D eigenvalue weighted by atomic mass is 14.8. The topological polar surface area (TPSA) is 12.0 Å². The molecule has 0 amide bonds. The maximum absolute atomic E-state index is 3.28. The third-order valence-corrected chi connectivity index (χ3v) is 1.67. The molecule has 48 valence electrons. The van der Waals surface area contributed by atoms with Crippen LogP contribution in [-0.2, 0) is 0 Å². The molecule has 2 heteroatoms. The van der Waals surface area contributed by atoms with E-state index in [9.17, 15) is 0 Å². The minimum atomic E-state index is 0.955. The number of hydrogen-bond donors (Lipinski definition) is 1. The number of anilines is 1. The summed E-state index contributed by atoms with van der Waals surface area (Å²) in [5.74, 6) is 2.13. The summed E-state index contributed by atoms with van der Waals surface area (Å²) >= 11 is 0. The van der Waals surface area contributed by atoms with Crippen molar-refractivity contribution in [2.24, 2.45) is 0 Å². The molecule has 0 atom stereocenters. The first-order valence-corrected chi connectivity index (χ1v) is 3.46. The summed E-state index contributed by atoms with van der Waals surface area (Å²) in [6, 6.07) is 8.30. The van der Waals surface area contributed by atoms with Crippen molar-refractivity contribution in [3.8, 4) is 0 Å². The smallest absolute Gasteiger partial charge is 0.259 e. The average Bonchev–Trinajstić information content (AvgIpc) is 2.05. The van der Waals surface area contributed by atoms with Crippen molar-refractivity contribution in [1.82, 2.24) is 0 Å². The van der Waals surface area contributed by atoms with Gasteiger partial charge in [-0.25, -0.2) is 0 Å². The minimum Gasteiger partial charge on any atom is -0.427 e. The second kappa shape index (κ2) is 2.22. The van der Waals surface area contributed by atoms with Crippen molar-refractivity contribution in [3.05, 3.63) is 35.8 Å². The second-order valence-corrected chi connectivity index (χ2v) is 2.37. The third-order valence-electron chi connectivity index (χ3n) is 1.67. The Balaban J connectivity index is 2.54. The number of para-hydroxylation sites is 1. The molecule has 1 aromatic rings. The number of fused-ring (bicyclic) bond motifs is 1. The molecule has 10 heavy (non-hydrogen) atoms. The zero-order chi connectivity index (χ0) is 6.81. The van der Waals surface area contributed by atoms with Crippen molar-refractivity contribution < 1.29 is 0 Å². The average molecular weight is 129 g/mol. The molecule has 0 saturated carbocycles. The van der Waals surface area contributed by atoms with E-state index in [1.807, 2.05) is 6.07 Å². The van der Waals surface area contributed by atoms with Crippen LogP contribution in [0.1, 0.15) is 5.56 Å². The van der Waals surface area contributed by atoms with Crippen LogP contribution in [-0.4, -0.2) is 7.41 Å². The Morgan fingerprint density at radius 2 is 2.10 bits per heavy atom. The molecule has 1 heterocycles. The minimum absolute atomic E-state index is 0.955. The largest absolute Gasteiger partial charge is 0.427 e. The molecule has 1 nitrogen and oxygen atoms in total. The fourth-order valence-corrected chi connectivity index (χ4v) is 1.16. The van der Waals surface area contributed by atoms with Crippen LogP contribution < -0.4 is 5.23 Å². The highest BCUT2D eigenvalue weighted by Crippen LogP contribution is 2.18. The van der Waals surface area contributed by atoms with Crippen molar-refractivity contribution in [3.63, 3.8) is 0 Å². The van der Waals surface area contributed by atoms with Crippen LogP contribution in [0.15, 0.2) is 30.2 Å². The van der Waals surface area contributed by atoms with Crippen LogP contribution in [0.5, 0.6) is 0 Å². The molecule has 0 spiro atoms. The van der Waals surface area contributed by atoms with Crippen molar-refractivity contribution in [1.29, 1.82) is 0 Å². The van der Waals surface area contributed by atoms with Gasteiger partial charge in [0.05, 0.1) is 0 Å². The van der Waals surface area contributed by atoms with Gasteiger partial charge in [0.15, 0.2) is 0 Å². The summed E-state index contributed by atoms with van der Waals surface area (Å²) in [5.41, 5.74) is 2.53. The SMILES string of the molecule is B1C=Cc2ccccc2N1. The van der Waals surface area contributed by atoms with Gasteiger partial charge in [0.25, 0.3) is 7.41 Å². The Hall–Kier alpha value is -1.18. The van der Waals surface area contributed by atoms with Crippen molar-refractivity contribution in [2.45, 2.75) is 0 Å². The first-order chi connectivity index (χ1) is 4.97. The fourth-order valence-electron chi connectivity index (χ4n) is 1.16. The normalized spacial score (nSPS) is 13.2. The molecular weight excluding hydrogens is 121 g/mol. The van der Waals surface area contributed by atoms with Gasteiger partial charge < -0.3 is 5.23 Å². The van der Waals surface area contributed by atoms with E-state index in [1.54, 1.807) is 0 Å². The first-order valence-electron chi connectivity index (χ1n) is 3.46. The maximum atomic E-state index is 3.28. The third kappa shape index (κ3) is 0.818. The molecule has 1 aliphatic rings. The Bertz CT molecular complexity index is 268. The van der Waals surface area contributed by atoms with Crippen molar-refractivity contribution in [2.75, 3.05) is 5.23 Å². The van der Waals surface area contributed by atoms with Gasteiger partial charge in [-0.2, -0.15) is 0 Å². The summed E-state index contributed by atoms with van der Waals surface area (Å²) in [5, 5.41) is 3.28. The summed E-state index contributed by atoms with van der Waals surface area (Å²) in [7, 11) is 0.955. The van der Waals surface area contributed by atoms with Gasteiger partial charge in [0.2, 0.25) is 0 Å². The Labute approximate surface area is 61.0 Å². The van der Waals surface area contributed by atoms with Crippen LogP contribution in [0.2, 0.25) is 0 Å². The molecule has 0 bridgehead atoms. The van der Waals surface area contributed by atoms with Gasteiger partial charge in [0.1, 0.15) is 0 Å². The quantitative estimate of drug-likeness (QED) is 0.522. The van der Waals surface area contributed by atoms with E-state index in [0.29, 0.717) is 0 Å². The molecule has 0 aromatic heterocycles. The summed E-state index contributed by atoms with van der Waals surface area (Å²) < 4.78 is 0. The summed E-state index contributed by atoms with van der Waals surface area (Å²) in [6.07, 6.45) is 2.14. The molecule has 1 aliphatic heterocycles. The van der Waals surface area contributed by atoms with Crippen molar-refractivity contribution >= 4 is 19.2 Å². The highest BCUT2D eigenvalue weighted by Gasteiger charge is 2.00. The van der Waals surface area contributed by atoms with E-state index >= 15 is 0 Å². The van der Waals surface area contributed by atoms with E-state index in [4.69, 9.17) is 0 Å². The van der Waals surface area contributed by atoms with Crippen LogP contribution in [0.25, 0.3) is 6.08 Å². The summed E-state index contributed by atoms with van der Waals surface area (Å²) in [6.45, 7) is 0. The lowest BCUT2D eigenvalue weighted by molar-refractivity contribution is 1.61. The zero-order valence-electron chi connectivity index (χ0n) is 5.67. The summed E-state index contributed by atoms with van der Waals surface area (Å²) in [4.78, 5) is 0. The lowest BCUT2D eigenvalue weighted by atomic mass is 9.88. The molecule has 0 unspecified atom stereocenters. The van der Waals surface area contributed by atoms with E-state index < -0.39 is 0 Å². The molecule has 1 aromatic carbocycles. The van der Waals surface area contributed by atoms with Gasteiger partial charge >= 0.3 is 0 Å². The molecular formula is C8H8BN. The van der Waals surface area contributed by atoms with E-state index in [2.05, 4.69) is 35.5 Å². The fraction of sp³-hybridized carbons (Fsp3) is 0.